The van der Waals surface area contributed by atoms with E-state index in [1.165, 1.54) is 6.42 Å². The summed E-state index contributed by atoms with van der Waals surface area (Å²) in [6.07, 6.45) is 3.67. The standard InChI is InChI=1S/C16H25N3O2/c17-14-5-1-2-6-15(14)18-16(21)7-10-19-9-3-4-13(12-19)8-11-20/h1-2,5-6,13,20H,3-4,7-12,17H2,(H,18,21). The predicted octanol–water partition coefficient (Wildman–Crippen LogP) is 1.69. The molecule has 1 aromatic carbocycles. The molecule has 1 saturated heterocycles. The molecule has 116 valence electrons. The van der Waals surface area contributed by atoms with Gasteiger partial charge in [-0.05, 0) is 43.9 Å². The second kappa shape index (κ2) is 8.00. The Morgan fingerprint density at radius 2 is 2.24 bits per heavy atom. The number of nitrogen functional groups attached to an aromatic ring is 1. The van der Waals surface area contributed by atoms with Crippen molar-refractivity contribution in [1.82, 2.24) is 4.90 Å². The van der Waals surface area contributed by atoms with Gasteiger partial charge in [0.25, 0.3) is 0 Å². The SMILES string of the molecule is Nc1ccccc1NC(=O)CCN1CCCC(CCO)C1. The number of hydrogen-bond acceptors (Lipinski definition) is 4. The van der Waals surface area contributed by atoms with Crippen LogP contribution < -0.4 is 11.1 Å². The Hall–Kier alpha value is -1.59. The van der Waals surface area contributed by atoms with Crippen LogP contribution in [0.5, 0.6) is 0 Å². The van der Waals surface area contributed by atoms with Crippen LogP contribution >= 0.6 is 0 Å². The first-order valence-corrected chi connectivity index (χ1v) is 7.66. The first-order chi connectivity index (χ1) is 10.2. The topological polar surface area (TPSA) is 78.6 Å². The fraction of sp³-hybridized carbons (Fsp3) is 0.562. The minimum Gasteiger partial charge on any atom is -0.397 e. The molecule has 1 aliphatic rings. The molecule has 0 aliphatic carbocycles. The van der Waals surface area contributed by atoms with Gasteiger partial charge in [0, 0.05) is 26.1 Å². The Balaban J connectivity index is 1.75. The third-order valence-corrected chi connectivity index (χ3v) is 4.03. The summed E-state index contributed by atoms with van der Waals surface area (Å²) in [4.78, 5) is 14.3. The average Bonchev–Trinajstić information content (AvgIpc) is 2.48. The fourth-order valence-electron chi connectivity index (χ4n) is 2.86. The van der Waals surface area contributed by atoms with E-state index in [0.29, 0.717) is 23.7 Å². The number of rotatable bonds is 6. The summed E-state index contributed by atoms with van der Waals surface area (Å²) in [5.41, 5.74) is 7.08. The van der Waals surface area contributed by atoms with Crippen molar-refractivity contribution in [2.45, 2.75) is 25.7 Å². The first-order valence-electron chi connectivity index (χ1n) is 7.66. The number of amides is 1. The number of aliphatic hydroxyl groups is 1. The van der Waals surface area contributed by atoms with Gasteiger partial charge in [0.2, 0.25) is 5.91 Å². The van der Waals surface area contributed by atoms with Crippen molar-refractivity contribution in [3.8, 4) is 0 Å². The van der Waals surface area contributed by atoms with Gasteiger partial charge in [-0.25, -0.2) is 0 Å². The van der Waals surface area contributed by atoms with Gasteiger partial charge in [-0.3, -0.25) is 4.79 Å². The zero-order chi connectivity index (χ0) is 15.1. The van der Waals surface area contributed by atoms with Crippen LogP contribution in [0.3, 0.4) is 0 Å². The molecule has 4 N–H and O–H groups in total. The average molecular weight is 291 g/mol. The number of carbonyl (C=O) groups excluding carboxylic acids is 1. The second-order valence-corrected chi connectivity index (χ2v) is 5.71. The number of carbonyl (C=O) groups is 1. The van der Waals surface area contributed by atoms with E-state index in [0.717, 1.165) is 32.5 Å². The first kappa shape index (κ1) is 15.8. The third kappa shape index (κ3) is 5.02. The van der Waals surface area contributed by atoms with Gasteiger partial charge in [-0.1, -0.05) is 12.1 Å². The van der Waals surface area contributed by atoms with E-state index in [2.05, 4.69) is 10.2 Å². The minimum atomic E-state index is -0.00261. The maximum atomic E-state index is 12.0. The largest absolute Gasteiger partial charge is 0.397 e. The minimum absolute atomic E-state index is 0.00261. The number of piperidine rings is 1. The summed E-state index contributed by atoms with van der Waals surface area (Å²) < 4.78 is 0. The highest BCUT2D eigenvalue weighted by molar-refractivity contribution is 5.93. The number of nitrogens with two attached hydrogens (primary N) is 1. The molecule has 2 rings (SSSR count). The van der Waals surface area contributed by atoms with E-state index in [1.807, 2.05) is 18.2 Å². The summed E-state index contributed by atoms with van der Waals surface area (Å²) in [7, 11) is 0. The summed E-state index contributed by atoms with van der Waals surface area (Å²) in [5, 5.41) is 11.9. The molecular weight excluding hydrogens is 266 g/mol. The number of anilines is 2. The van der Waals surface area contributed by atoms with Gasteiger partial charge in [0.05, 0.1) is 11.4 Å². The number of likely N-dealkylation sites (tertiary alicyclic amines) is 1. The number of aliphatic hydroxyl groups excluding tert-OH is 1. The molecule has 1 aliphatic heterocycles. The molecule has 0 bridgehead atoms. The zero-order valence-corrected chi connectivity index (χ0v) is 12.4. The molecule has 1 aromatic rings. The number of nitrogens with zero attached hydrogens (tertiary/aromatic N) is 1. The number of hydrogen-bond donors (Lipinski definition) is 3. The monoisotopic (exact) mass is 291 g/mol. The molecule has 1 unspecified atom stereocenters. The fourth-order valence-corrected chi connectivity index (χ4v) is 2.86. The summed E-state index contributed by atoms with van der Waals surface area (Å²) >= 11 is 0. The van der Waals surface area contributed by atoms with E-state index < -0.39 is 0 Å². The normalized spacial score (nSPS) is 19.4. The van der Waals surface area contributed by atoms with E-state index in [4.69, 9.17) is 10.8 Å². The molecule has 21 heavy (non-hydrogen) atoms. The van der Waals surface area contributed by atoms with Crippen molar-refractivity contribution in [2.24, 2.45) is 5.92 Å². The lowest BCUT2D eigenvalue weighted by Crippen LogP contribution is -2.37. The maximum absolute atomic E-state index is 12.0. The van der Waals surface area contributed by atoms with E-state index >= 15 is 0 Å². The van der Waals surface area contributed by atoms with Crippen LogP contribution in [-0.4, -0.2) is 42.2 Å². The van der Waals surface area contributed by atoms with Crippen LogP contribution in [0.2, 0.25) is 0 Å². The highest BCUT2D eigenvalue weighted by Crippen LogP contribution is 2.20. The van der Waals surface area contributed by atoms with E-state index in [9.17, 15) is 4.79 Å². The highest BCUT2D eigenvalue weighted by atomic mass is 16.3. The summed E-state index contributed by atoms with van der Waals surface area (Å²) in [5.74, 6) is 0.564. The van der Waals surface area contributed by atoms with Gasteiger partial charge in [-0.15, -0.1) is 0 Å². The second-order valence-electron chi connectivity index (χ2n) is 5.71. The van der Waals surface area contributed by atoms with E-state index in [-0.39, 0.29) is 12.5 Å². The molecule has 0 radical (unpaired) electrons. The lowest BCUT2D eigenvalue weighted by Gasteiger charge is -2.32. The molecule has 5 heteroatoms. The summed E-state index contributed by atoms with van der Waals surface area (Å²) in [6, 6.07) is 7.29. The van der Waals surface area contributed by atoms with Crippen LogP contribution in [-0.2, 0) is 4.79 Å². The number of nitrogens with one attached hydrogen (secondary N) is 1. The maximum Gasteiger partial charge on any atom is 0.225 e. The third-order valence-electron chi connectivity index (χ3n) is 4.03. The Bertz CT molecular complexity index is 463. The quantitative estimate of drug-likeness (QED) is 0.697. The Morgan fingerprint density at radius 3 is 3.00 bits per heavy atom. The summed E-state index contributed by atoms with van der Waals surface area (Å²) in [6.45, 7) is 3.05. The van der Waals surface area contributed by atoms with Crippen molar-refractivity contribution in [3.63, 3.8) is 0 Å². The van der Waals surface area contributed by atoms with Crippen molar-refractivity contribution < 1.29 is 9.90 Å². The van der Waals surface area contributed by atoms with Crippen molar-refractivity contribution in [2.75, 3.05) is 37.3 Å². The lowest BCUT2D eigenvalue weighted by atomic mass is 9.95. The molecule has 5 nitrogen and oxygen atoms in total. The van der Waals surface area contributed by atoms with Crippen molar-refractivity contribution in [3.05, 3.63) is 24.3 Å². The Morgan fingerprint density at radius 1 is 1.43 bits per heavy atom. The smallest absolute Gasteiger partial charge is 0.225 e. The van der Waals surface area contributed by atoms with Crippen LogP contribution in [0.25, 0.3) is 0 Å². The molecule has 0 saturated carbocycles. The number of para-hydroxylation sites is 2. The Kier molecular flexibility index (Phi) is 6.02. The highest BCUT2D eigenvalue weighted by Gasteiger charge is 2.19. The zero-order valence-electron chi connectivity index (χ0n) is 12.4. The van der Waals surface area contributed by atoms with Crippen LogP contribution in [0.15, 0.2) is 24.3 Å². The van der Waals surface area contributed by atoms with Crippen molar-refractivity contribution >= 4 is 17.3 Å². The molecular formula is C16H25N3O2. The molecule has 1 fully saturated rings. The van der Waals surface area contributed by atoms with Gasteiger partial charge in [0.1, 0.15) is 0 Å². The van der Waals surface area contributed by atoms with Crippen LogP contribution in [0.1, 0.15) is 25.7 Å². The van der Waals surface area contributed by atoms with Gasteiger partial charge < -0.3 is 21.1 Å². The van der Waals surface area contributed by atoms with Gasteiger partial charge in [0.15, 0.2) is 0 Å². The van der Waals surface area contributed by atoms with Gasteiger partial charge in [-0.2, -0.15) is 0 Å². The van der Waals surface area contributed by atoms with Gasteiger partial charge >= 0.3 is 0 Å². The Labute approximate surface area is 126 Å². The van der Waals surface area contributed by atoms with E-state index in [1.54, 1.807) is 6.07 Å². The van der Waals surface area contributed by atoms with Crippen LogP contribution in [0, 0.1) is 5.92 Å². The molecule has 1 amide bonds. The van der Waals surface area contributed by atoms with Crippen LogP contribution in [0.4, 0.5) is 11.4 Å². The van der Waals surface area contributed by atoms with Crippen molar-refractivity contribution in [1.29, 1.82) is 0 Å². The molecule has 1 heterocycles. The molecule has 0 spiro atoms. The molecule has 1 atom stereocenters. The lowest BCUT2D eigenvalue weighted by molar-refractivity contribution is -0.116. The molecule has 0 aromatic heterocycles. The predicted molar refractivity (Wildman–Crippen MR) is 85.0 cm³/mol. The number of benzene rings is 1.